The third kappa shape index (κ3) is 8.00. The first kappa shape index (κ1) is 24.5. The van der Waals surface area contributed by atoms with Crippen LogP contribution in [0.4, 0.5) is 5.82 Å². The first-order chi connectivity index (χ1) is 16.4. The van der Waals surface area contributed by atoms with Gasteiger partial charge in [0.2, 0.25) is 0 Å². The lowest BCUT2D eigenvalue weighted by Crippen LogP contribution is -2.13. The minimum atomic E-state index is 0.591. The molecule has 0 aliphatic heterocycles. The second-order valence-electron chi connectivity index (χ2n) is 10.9. The normalized spacial score (nSPS) is 21.5. The number of anilines is 1. The summed E-state index contributed by atoms with van der Waals surface area (Å²) in [5.74, 6) is 2.47. The van der Waals surface area contributed by atoms with E-state index >= 15 is 0 Å². The lowest BCUT2D eigenvalue weighted by molar-refractivity contribution is 0.375. The van der Waals surface area contributed by atoms with Crippen molar-refractivity contribution in [1.29, 1.82) is 0 Å². The molecule has 0 radical (unpaired) electrons. The molecule has 0 atom stereocenters. The van der Waals surface area contributed by atoms with E-state index in [4.69, 9.17) is 4.98 Å². The largest absolute Gasteiger partial charge is 0.367 e. The van der Waals surface area contributed by atoms with E-state index in [-0.39, 0.29) is 0 Å². The fourth-order valence-corrected chi connectivity index (χ4v) is 6.13. The maximum absolute atomic E-state index is 5.20. The van der Waals surface area contributed by atoms with Crippen molar-refractivity contribution in [1.82, 2.24) is 14.4 Å². The van der Waals surface area contributed by atoms with Crippen molar-refractivity contribution in [3.05, 3.63) is 24.3 Å². The van der Waals surface area contributed by atoms with Crippen LogP contribution < -0.4 is 5.32 Å². The number of aromatic nitrogens is 3. The van der Waals surface area contributed by atoms with E-state index in [1.54, 1.807) is 0 Å². The van der Waals surface area contributed by atoms with Crippen LogP contribution in [0.25, 0.3) is 5.65 Å². The summed E-state index contributed by atoms with van der Waals surface area (Å²) in [5, 5.41) is 3.73. The van der Waals surface area contributed by atoms with E-state index in [0.717, 1.165) is 23.9 Å². The number of hydrogen-bond donors (Lipinski definition) is 1. The SMILES string of the molecule is c1cn2cc(C3CCCCCCCCCC3)nc(NCCC3CCCCCCCCC3)c2n1. The summed E-state index contributed by atoms with van der Waals surface area (Å²) in [7, 11) is 0. The van der Waals surface area contributed by atoms with Crippen LogP contribution in [0.2, 0.25) is 0 Å². The number of hydrogen-bond acceptors (Lipinski definition) is 3. The topological polar surface area (TPSA) is 42.2 Å². The van der Waals surface area contributed by atoms with Crippen molar-refractivity contribution in [3.8, 4) is 0 Å². The summed E-state index contributed by atoms with van der Waals surface area (Å²) >= 11 is 0. The molecule has 2 fully saturated rings. The highest BCUT2D eigenvalue weighted by atomic mass is 15.1. The predicted octanol–water partition coefficient (Wildman–Crippen LogP) is 8.67. The molecule has 2 aliphatic carbocycles. The first-order valence-corrected chi connectivity index (χ1v) is 14.5. The molecule has 33 heavy (non-hydrogen) atoms. The molecule has 4 heteroatoms. The Labute approximate surface area is 202 Å². The molecule has 2 saturated carbocycles. The second kappa shape index (κ2) is 14.0. The Kier molecular flexibility index (Phi) is 10.4. The van der Waals surface area contributed by atoms with E-state index in [1.165, 1.54) is 134 Å². The predicted molar refractivity (Wildman–Crippen MR) is 140 cm³/mol. The van der Waals surface area contributed by atoms with Gasteiger partial charge in [-0.25, -0.2) is 9.97 Å². The van der Waals surface area contributed by atoms with Gasteiger partial charge in [-0.15, -0.1) is 0 Å². The summed E-state index contributed by atoms with van der Waals surface area (Å²) < 4.78 is 2.21. The fourth-order valence-electron chi connectivity index (χ4n) is 6.13. The molecule has 4 nitrogen and oxygen atoms in total. The zero-order valence-electron chi connectivity index (χ0n) is 21.1. The molecule has 0 spiro atoms. The van der Waals surface area contributed by atoms with Gasteiger partial charge in [-0.3, -0.25) is 0 Å². The minimum absolute atomic E-state index is 0.591. The van der Waals surface area contributed by atoms with Crippen molar-refractivity contribution in [2.24, 2.45) is 5.92 Å². The first-order valence-electron chi connectivity index (χ1n) is 14.5. The van der Waals surface area contributed by atoms with Crippen molar-refractivity contribution >= 4 is 11.5 Å². The summed E-state index contributed by atoms with van der Waals surface area (Å²) in [6.07, 6.45) is 34.1. The van der Waals surface area contributed by atoms with Gasteiger partial charge in [-0.1, -0.05) is 109 Å². The number of fused-ring (bicyclic) bond motifs is 1. The zero-order chi connectivity index (χ0) is 22.6. The van der Waals surface area contributed by atoms with Gasteiger partial charge in [0.15, 0.2) is 11.5 Å². The Morgan fingerprint density at radius 3 is 1.88 bits per heavy atom. The molecule has 2 aromatic rings. The van der Waals surface area contributed by atoms with Crippen LogP contribution in [0.15, 0.2) is 18.6 Å². The third-order valence-electron chi connectivity index (χ3n) is 8.24. The fraction of sp³-hybridized carbons (Fsp3) is 0.793. The Hall–Kier alpha value is -1.58. The average Bonchev–Trinajstić information content (AvgIpc) is 3.29. The van der Waals surface area contributed by atoms with Crippen molar-refractivity contribution in [2.75, 3.05) is 11.9 Å². The van der Waals surface area contributed by atoms with E-state index in [0.29, 0.717) is 5.92 Å². The second-order valence-corrected chi connectivity index (χ2v) is 10.9. The molecule has 0 saturated heterocycles. The standard InChI is InChI=1S/C29H48N4/c1-2-7-11-15-19-26(18-14-10-6-1)27-24-33-23-22-31-29(33)28(32-27)30-21-20-25-16-12-8-4-3-5-9-13-17-25/h22-26H,1-21H2,(H,30,32). The Morgan fingerprint density at radius 1 is 0.727 bits per heavy atom. The molecule has 0 bridgehead atoms. The highest BCUT2D eigenvalue weighted by Gasteiger charge is 2.18. The Bertz CT molecular complexity index is 776. The van der Waals surface area contributed by atoms with Crippen LogP contribution in [0.3, 0.4) is 0 Å². The molecular formula is C29H48N4. The molecule has 0 unspecified atom stereocenters. The van der Waals surface area contributed by atoms with Crippen molar-refractivity contribution in [3.63, 3.8) is 0 Å². The van der Waals surface area contributed by atoms with E-state index in [1.807, 2.05) is 6.20 Å². The van der Waals surface area contributed by atoms with Gasteiger partial charge < -0.3 is 9.72 Å². The van der Waals surface area contributed by atoms with Crippen molar-refractivity contribution < 1.29 is 0 Å². The smallest absolute Gasteiger partial charge is 0.180 e. The van der Waals surface area contributed by atoms with Crippen LogP contribution in [-0.4, -0.2) is 20.9 Å². The van der Waals surface area contributed by atoms with Crippen LogP contribution in [0, 0.1) is 5.92 Å². The Balaban J connectivity index is 1.39. The zero-order valence-corrected chi connectivity index (χ0v) is 21.1. The summed E-state index contributed by atoms with van der Waals surface area (Å²) in [6.45, 7) is 1.02. The average molecular weight is 453 g/mol. The monoisotopic (exact) mass is 452 g/mol. The van der Waals surface area contributed by atoms with E-state index in [2.05, 4.69) is 27.1 Å². The van der Waals surface area contributed by atoms with Gasteiger partial charge in [0.25, 0.3) is 0 Å². The molecule has 2 heterocycles. The third-order valence-corrected chi connectivity index (χ3v) is 8.24. The van der Waals surface area contributed by atoms with Gasteiger partial charge in [0.1, 0.15) is 0 Å². The van der Waals surface area contributed by atoms with Crippen LogP contribution in [0.1, 0.15) is 140 Å². The summed E-state index contributed by atoms with van der Waals surface area (Å²) in [5.41, 5.74) is 2.27. The quantitative estimate of drug-likeness (QED) is 0.493. The highest BCUT2D eigenvalue weighted by molar-refractivity contribution is 5.62. The van der Waals surface area contributed by atoms with Gasteiger partial charge >= 0.3 is 0 Å². The van der Waals surface area contributed by atoms with Gasteiger partial charge in [-0.05, 0) is 25.2 Å². The minimum Gasteiger partial charge on any atom is -0.367 e. The molecule has 4 rings (SSSR count). The number of nitrogens with zero attached hydrogens (tertiary/aromatic N) is 3. The molecule has 0 aromatic carbocycles. The number of imidazole rings is 1. The van der Waals surface area contributed by atoms with Gasteiger partial charge in [-0.2, -0.15) is 0 Å². The van der Waals surface area contributed by atoms with E-state index in [9.17, 15) is 0 Å². The number of rotatable bonds is 5. The van der Waals surface area contributed by atoms with E-state index < -0.39 is 0 Å². The molecular weight excluding hydrogens is 404 g/mol. The van der Waals surface area contributed by atoms with Crippen LogP contribution in [0.5, 0.6) is 0 Å². The van der Waals surface area contributed by atoms with Crippen molar-refractivity contribution in [2.45, 2.75) is 134 Å². The lowest BCUT2D eigenvalue weighted by atomic mass is 9.90. The van der Waals surface area contributed by atoms with Gasteiger partial charge in [0, 0.05) is 31.1 Å². The Morgan fingerprint density at radius 2 is 1.27 bits per heavy atom. The van der Waals surface area contributed by atoms with Gasteiger partial charge in [0.05, 0.1) is 5.69 Å². The number of nitrogens with one attached hydrogen (secondary N) is 1. The highest BCUT2D eigenvalue weighted by Crippen LogP contribution is 2.30. The van der Waals surface area contributed by atoms with Crippen LogP contribution >= 0.6 is 0 Å². The molecule has 1 N–H and O–H groups in total. The molecule has 184 valence electrons. The molecule has 2 aromatic heterocycles. The maximum atomic E-state index is 5.20. The van der Waals surface area contributed by atoms with Crippen LogP contribution in [-0.2, 0) is 0 Å². The summed E-state index contributed by atoms with van der Waals surface area (Å²) in [6, 6.07) is 0. The molecule has 2 aliphatic rings. The summed E-state index contributed by atoms with van der Waals surface area (Å²) in [4.78, 5) is 9.83. The maximum Gasteiger partial charge on any atom is 0.180 e. The lowest BCUT2D eigenvalue weighted by Gasteiger charge is -2.20. The molecule has 0 amide bonds.